The van der Waals surface area contributed by atoms with Gasteiger partial charge in [-0.2, -0.15) is 0 Å². The number of nitrogens with two attached hydrogens (primary N) is 1. The molecule has 5 nitrogen and oxygen atoms in total. The Morgan fingerprint density at radius 2 is 1.91 bits per heavy atom. The van der Waals surface area contributed by atoms with Crippen LogP contribution < -0.4 is 11.1 Å². The van der Waals surface area contributed by atoms with E-state index in [1.165, 1.54) is 19.3 Å². The molecule has 1 aliphatic rings. The van der Waals surface area contributed by atoms with Crippen molar-refractivity contribution in [1.29, 1.82) is 0 Å². The van der Waals surface area contributed by atoms with E-state index in [0.29, 0.717) is 19.5 Å². The van der Waals surface area contributed by atoms with Gasteiger partial charge in [-0.05, 0) is 38.6 Å². The Balaban J connectivity index is 2.39. The van der Waals surface area contributed by atoms with Crippen LogP contribution in [-0.4, -0.2) is 42.4 Å². The number of carbonyl (C=O) groups is 2. The van der Waals surface area contributed by atoms with Crippen LogP contribution in [0, 0.1) is 0 Å². The van der Waals surface area contributed by atoms with Crippen LogP contribution in [0.5, 0.6) is 0 Å². The minimum Gasteiger partial charge on any atom is -0.354 e. The van der Waals surface area contributed by atoms with E-state index >= 15 is 0 Å². The van der Waals surface area contributed by atoms with E-state index in [0.717, 1.165) is 45.1 Å². The maximum absolute atomic E-state index is 12.4. The summed E-state index contributed by atoms with van der Waals surface area (Å²) in [5, 5.41) is 2.91. The normalized spacial score (nSPS) is 18.3. The number of carbonyl (C=O) groups excluding carboxylic acids is 2. The molecule has 0 radical (unpaired) electrons. The van der Waals surface area contributed by atoms with Gasteiger partial charge in [-0.25, -0.2) is 0 Å². The lowest BCUT2D eigenvalue weighted by Gasteiger charge is -2.34. The third-order valence-electron chi connectivity index (χ3n) is 4.30. The molecule has 5 heteroatoms. The van der Waals surface area contributed by atoms with Crippen molar-refractivity contribution in [1.82, 2.24) is 10.2 Å². The summed E-state index contributed by atoms with van der Waals surface area (Å²) in [5.74, 6) is 0.141. The van der Waals surface area contributed by atoms with Gasteiger partial charge in [0, 0.05) is 19.5 Å². The topological polar surface area (TPSA) is 75.4 Å². The smallest absolute Gasteiger partial charge is 0.242 e. The van der Waals surface area contributed by atoms with Crippen LogP contribution in [0.2, 0.25) is 0 Å². The van der Waals surface area contributed by atoms with Crippen LogP contribution >= 0.6 is 0 Å². The van der Waals surface area contributed by atoms with Gasteiger partial charge in [0.15, 0.2) is 0 Å². The fourth-order valence-electron chi connectivity index (χ4n) is 2.96. The van der Waals surface area contributed by atoms with Crippen molar-refractivity contribution in [3.8, 4) is 0 Å². The number of unbranched alkanes of at least 4 members (excludes halogenated alkanes) is 4. The Hall–Kier alpha value is -1.10. The first-order chi connectivity index (χ1) is 10.7. The van der Waals surface area contributed by atoms with Crippen LogP contribution in [0.25, 0.3) is 0 Å². The third-order valence-corrected chi connectivity index (χ3v) is 4.30. The first kappa shape index (κ1) is 18.9. The van der Waals surface area contributed by atoms with E-state index in [-0.39, 0.29) is 17.9 Å². The van der Waals surface area contributed by atoms with Gasteiger partial charge >= 0.3 is 0 Å². The summed E-state index contributed by atoms with van der Waals surface area (Å²) in [7, 11) is 0. The van der Waals surface area contributed by atoms with Crippen molar-refractivity contribution in [3.05, 3.63) is 0 Å². The summed E-state index contributed by atoms with van der Waals surface area (Å²) in [6.07, 6.45) is 9.89. The summed E-state index contributed by atoms with van der Waals surface area (Å²) >= 11 is 0. The number of likely N-dealkylation sites (tertiary alicyclic amines) is 1. The molecule has 1 heterocycles. The summed E-state index contributed by atoms with van der Waals surface area (Å²) in [6, 6.07) is -0.269. The van der Waals surface area contributed by atoms with E-state index in [4.69, 9.17) is 5.73 Å². The summed E-state index contributed by atoms with van der Waals surface area (Å²) in [6.45, 7) is 4.09. The van der Waals surface area contributed by atoms with Crippen LogP contribution in [0.4, 0.5) is 0 Å². The molecule has 2 amide bonds. The van der Waals surface area contributed by atoms with E-state index < -0.39 is 0 Å². The molecule has 0 bridgehead atoms. The van der Waals surface area contributed by atoms with Crippen molar-refractivity contribution >= 4 is 11.8 Å². The molecular formula is C17H33N3O2. The van der Waals surface area contributed by atoms with E-state index in [2.05, 4.69) is 12.2 Å². The van der Waals surface area contributed by atoms with Gasteiger partial charge in [0.25, 0.3) is 0 Å². The van der Waals surface area contributed by atoms with Crippen LogP contribution in [0.1, 0.15) is 71.1 Å². The highest BCUT2D eigenvalue weighted by molar-refractivity contribution is 5.87. The molecule has 3 N–H and O–H groups in total. The molecular weight excluding hydrogens is 278 g/mol. The maximum atomic E-state index is 12.4. The summed E-state index contributed by atoms with van der Waals surface area (Å²) in [5.41, 5.74) is 5.44. The molecule has 0 saturated carbocycles. The second-order valence-corrected chi connectivity index (χ2v) is 6.20. The van der Waals surface area contributed by atoms with Gasteiger partial charge in [0.05, 0.1) is 0 Å². The molecule has 22 heavy (non-hydrogen) atoms. The Bertz CT molecular complexity index is 334. The zero-order valence-electron chi connectivity index (χ0n) is 14.1. The molecule has 0 aromatic carbocycles. The largest absolute Gasteiger partial charge is 0.354 e. The maximum Gasteiger partial charge on any atom is 0.242 e. The minimum absolute atomic E-state index is 0.00696. The molecule has 0 aromatic rings. The highest BCUT2D eigenvalue weighted by Gasteiger charge is 2.31. The lowest BCUT2D eigenvalue weighted by Crippen LogP contribution is -2.52. The predicted molar refractivity (Wildman–Crippen MR) is 89.4 cm³/mol. The van der Waals surface area contributed by atoms with Crippen molar-refractivity contribution in [2.75, 3.05) is 19.6 Å². The molecule has 1 rings (SSSR count). The Morgan fingerprint density at radius 1 is 1.14 bits per heavy atom. The van der Waals surface area contributed by atoms with Gasteiger partial charge < -0.3 is 16.0 Å². The Kier molecular flexibility index (Phi) is 9.87. The zero-order chi connectivity index (χ0) is 16.2. The third kappa shape index (κ3) is 6.77. The molecule has 128 valence electrons. The highest BCUT2D eigenvalue weighted by atomic mass is 16.2. The van der Waals surface area contributed by atoms with Crippen LogP contribution in [0.15, 0.2) is 0 Å². The number of amides is 2. The second kappa shape index (κ2) is 11.5. The Morgan fingerprint density at radius 3 is 2.64 bits per heavy atom. The van der Waals surface area contributed by atoms with E-state index in [1.807, 2.05) is 0 Å². The second-order valence-electron chi connectivity index (χ2n) is 6.20. The number of nitrogens with one attached hydrogen (secondary N) is 1. The van der Waals surface area contributed by atoms with Gasteiger partial charge in [0.2, 0.25) is 11.8 Å². The monoisotopic (exact) mass is 311 g/mol. The van der Waals surface area contributed by atoms with E-state index in [9.17, 15) is 9.59 Å². The SMILES string of the molecule is CCCCCCCC(=O)N1CCCCC1C(=O)NCCCN. The molecule has 1 unspecified atom stereocenters. The minimum atomic E-state index is -0.269. The average Bonchev–Trinajstić information content (AvgIpc) is 2.54. The highest BCUT2D eigenvalue weighted by Crippen LogP contribution is 2.19. The Labute approximate surface area is 135 Å². The lowest BCUT2D eigenvalue weighted by molar-refractivity contribution is -0.142. The molecule has 0 aliphatic carbocycles. The molecule has 1 atom stereocenters. The number of piperidine rings is 1. The van der Waals surface area contributed by atoms with Crippen LogP contribution in [-0.2, 0) is 9.59 Å². The molecule has 1 fully saturated rings. The predicted octanol–water partition coefficient (Wildman–Crippen LogP) is 2.19. The molecule has 0 aromatic heterocycles. The molecule has 0 spiro atoms. The first-order valence-electron chi connectivity index (χ1n) is 8.98. The van der Waals surface area contributed by atoms with Gasteiger partial charge in [0.1, 0.15) is 6.04 Å². The van der Waals surface area contributed by atoms with Crippen LogP contribution in [0.3, 0.4) is 0 Å². The first-order valence-corrected chi connectivity index (χ1v) is 8.98. The number of rotatable bonds is 10. The fraction of sp³-hybridized carbons (Fsp3) is 0.882. The quantitative estimate of drug-likeness (QED) is 0.607. The van der Waals surface area contributed by atoms with Crippen molar-refractivity contribution in [3.63, 3.8) is 0 Å². The molecule has 1 saturated heterocycles. The van der Waals surface area contributed by atoms with Gasteiger partial charge in [-0.1, -0.05) is 32.6 Å². The lowest BCUT2D eigenvalue weighted by atomic mass is 10.00. The van der Waals surface area contributed by atoms with Gasteiger partial charge in [-0.3, -0.25) is 9.59 Å². The van der Waals surface area contributed by atoms with E-state index in [1.54, 1.807) is 4.90 Å². The van der Waals surface area contributed by atoms with Crippen molar-refractivity contribution in [2.24, 2.45) is 5.73 Å². The average molecular weight is 311 g/mol. The zero-order valence-corrected chi connectivity index (χ0v) is 14.1. The number of nitrogens with zero attached hydrogens (tertiary/aromatic N) is 1. The van der Waals surface area contributed by atoms with Crippen molar-refractivity contribution in [2.45, 2.75) is 77.2 Å². The number of hydrogen-bond acceptors (Lipinski definition) is 3. The fourth-order valence-corrected chi connectivity index (χ4v) is 2.96. The standard InChI is InChI=1S/C17H33N3O2/c1-2-3-4-5-6-11-16(21)20-14-8-7-10-15(20)17(22)19-13-9-12-18/h15H,2-14,18H2,1H3,(H,19,22). The molecule has 1 aliphatic heterocycles. The van der Waals surface area contributed by atoms with Crippen molar-refractivity contribution < 1.29 is 9.59 Å². The number of hydrogen-bond donors (Lipinski definition) is 2. The van der Waals surface area contributed by atoms with Gasteiger partial charge in [-0.15, -0.1) is 0 Å². The summed E-state index contributed by atoms with van der Waals surface area (Å²) in [4.78, 5) is 26.5. The summed E-state index contributed by atoms with van der Waals surface area (Å²) < 4.78 is 0.